The number of oxime groups is 1. The highest BCUT2D eigenvalue weighted by Gasteiger charge is 2.43. The lowest BCUT2D eigenvalue weighted by Gasteiger charge is -2.26. The molecular formula is C12H23N3O3. The van der Waals surface area contributed by atoms with Crippen molar-refractivity contribution < 1.29 is 14.7 Å². The molecular weight excluding hydrogens is 234 g/mol. The number of carbonyl (C=O) groups is 1. The van der Waals surface area contributed by atoms with Crippen LogP contribution in [0.5, 0.6) is 0 Å². The van der Waals surface area contributed by atoms with E-state index >= 15 is 0 Å². The number of nitrogens with two attached hydrogens (primary N) is 1. The van der Waals surface area contributed by atoms with Gasteiger partial charge in [-0.05, 0) is 26.7 Å². The smallest absolute Gasteiger partial charge is 0.229 e. The standard InChI is InChI=1S/C12H23N3O3/c1-5-15(6-10(13)14-17)12(16)11-7(2)8(3)18-9(11)4/h7-9,11,17H,5-6H2,1-4H3,(H2,13,14). The summed E-state index contributed by atoms with van der Waals surface area (Å²) < 4.78 is 5.67. The zero-order valence-corrected chi connectivity index (χ0v) is 11.5. The molecule has 1 aliphatic heterocycles. The Morgan fingerprint density at radius 1 is 1.39 bits per heavy atom. The predicted molar refractivity (Wildman–Crippen MR) is 68.3 cm³/mol. The van der Waals surface area contributed by atoms with E-state index in [-0.39, 0.29) is 42.3 Å². The fraction of sp³-hybridized carbons (Fsp3) is 0.833. The SMILES string of the molecule is CCN(CC(N)=NO)C(=O)C1C(C)OC(C)C1C. The minimum absolute atomic E-state index is 0.00782. The van der Waals surface area contributed by atoms with Crippen molar-refractivity contribution in [2.24, 2.45) is 22.7 Å². The summed E-state index contributed by atoms with van der Waals surface area (Å²) in [6.45, 7) is 8.47. The first kappa shape index (κ1) is 14.8. The molecule has 0 radical (unpaired) electrons. The molecule has 6 heteroatoms. The molecule has 0 aromatic heterocycles. The zero-order chi connectivity index (χ0) is 13.9. The van der Waals surface area contributed by atoms with Crippen LogP contribution in [0.15, 0.2) is 5.16 Å². The second-order valence-corrected chi connectivity index (χ2v) is 4.87. The monoisotopic (exact) mass is 257 g/mol. The first-order valence-corrected chi connectivity index (χ1v) is 6.33. The van der Waals surface area contributed by atoms with E-state index in [1.807, 2.05) is 27.7 Å². The third-order valence-corrected chi connectivity index (χ3v) is 3.70. The Labute approximate surface area is 108 Å². The molecule has 1 fully saturated rings. The van der Waals surface area contributed by atoms with Gasteiger partial charge in [-0.15, -0.1) is 0 Å². The number of carbonyl (C=O) groups excluding carboxylic acids is 1. The van der Waals surface area contributed by atoms with Gasteiger partial charge >= 0.3 is 0 Å². The van der Waals surface area contributed by atoms with Gasteiger partial charge in [-0.1, -0.05) is 12.1 Å². The van der Waals surface area contributed by atoms with E-state index in [1.165, 1.54) is 0 Å². The molecule has 1 saturated heterocycles. The molecule has 0 aliphatic carbocycles. The maximum atomic E-state index is 12.4. The van der Waals surface area contributed by atoms with Crippen LogP contribution in [0.3, 0.4) is 0 Å². The summed E-state index contributed by atoms with van der Waals surface area (Å²) in [5, 5.41) is 11.5. The first-order chi connectivity index (χ1) is 8.42. The maximum absolute atomic E-state index is 12.4. The third kappa shape index (κ3) is 2.93. The Bertz CT molecular complexity index is 333. The number of hydrogen-bond acceptors (Lipinski definition) is 4. The Balaban J connectivity index is 2.78. The summed E-state index contributed by atoms with van der Waals surface area (Å²) in [4.78, 5) is 14.0. The second kappa shape index (κ2) is 6.04. The van der Waals surface area contributed by atoms with Gasteiger partial charge in [0.05, 0.1) is 24.7 Å². The van der Waals surface area contributed by atoms with Crippen molar-refractivity contribution >= 4 is 11.7 Å². The summed E-state index contributed by atoms with van der Waals surface area (Å²) in [6, 6.07) is 0. The largest absolute Gasteiger partial charge is 0.409 e. The Kier molecular flexibility index (Phi) is 4.95. The molecule has 104 valence electrons. The number of nitrogens with zero attached hydrogens (tertiary/aromatic N) is 2. The number of likely N-dealkylation sites (N-methyl/N-ethyl adjacent to an activating group) is 1. The quantitative estimate of drug-likeness (QED) is 0.335. The van der Waals surface area contributed by atoms with Crippen LogP contribution >= 0.6 is 0 Å². The van der Waals surface area contributed by atoms with E-state index in [1.54, 1.807) is 4.90 Å². The Hall–Kier alpha value is -1.30. The van der Waals surface area contributed by atoms with Gasteiger partial charge in [-0.25, -0.2) is 0 Å². The van der Waals surface area contributed by atoms with Gasteiger partial charge in [0.15, 0.2) is 5.84 Å². The molecule has 4 unspecified atom stereocenters. The molecule has 18 heavy (non-hydrogen) atoms. The molecule has 4 atom stereocenters. The lowest BCUT2D eigenvalue weighted by atomic mass is 9.88. The van der Waals surface area contributed by atoms with Crippen LogP contribution in [0.4, 0.5) is 0 Å². The average molecular weight is 257 g/mol. The van der Waals surface area contributed by atoms with E-state index in [4.69, 9.17) is 15.7 Å². The van der Waals surface area contributed by atoms with Crippen molar-refractivity contribution in [3.63, 3.8) is 0 Å². The summed E-state index contributed by atoms with van der Waals surface area (Å²) >= 11 is 0. The van der Waals surface area contributed by atoms with Gasteiger partial charge in [0.2, 0.25) is 5.91 Å². The van der Waals surface area contributed by atoms with E-state index in [9.17, 15) is 4.79 Å². The van der Waals surface area contributed by atoms with Crippen molar-refractivity contribution in [2.75, 3.05) is 13.1 Å². The van der Waals surface area contributed by atoms with Crippen molar-refractivity contribution in [1.82, 2.24) is 4.90 Å². The normalized spacial score (nSPS) is 32.6. The number of hydrogen-bond donors (Lipinski definition) is 2. The van der Waals surface area contributed by atoms with Crippen LogP contribution in [0.1, 0.15) is 27.7 Å². The van der Waals surface area contributed by atoms with Crippen LogP contribution < -0.4 is 5.73 Å². The third-order valence-electron chi connectivity index (χ3n) is 3.70. The lowest BCUT2D eigenvalue weighted by molar-refractivity contribution is -0.137. The van der Waals surface area contributed by atoms with E-state index in [0.29, 0.717) is 6.54 Å². The summed E-state index contributed by atoms with van der Waals surface area (Å²) in [6.07, 6.45) is -0.0136. The summed E-state index contributed by atoms with van der Waals surface area (Å²) in [5.41, 5.74) is 5.46. The highest BCUT2D eigenvalue weighted by atomic mass is 16.5. The van der Waals surface area contributed by atoms with Gasteiger partial charge in [0, 0.05) is 6.54 Å². The molecule has 0 aromatic rings. The molecule has 0 bridgehead atoms. The molecule has 1 rings (SSSR count). The van der Waals surface area contributed by atoms with Gasteiger partial charge in [-0.3, -0.25) is 4.79 Å². The minimum atomic E-state index is -0.161. The fourth-order valence-electron chi connectivity index (χ4n) is 2.48. The van der Waals surface area contributed by atoms with Gasteiger partial charge in [0.1, 0.15) is 0 Å². The van der Waals surface area contributed by atoms with E-state index in [0.717, 1.165) is 0 Å². The van der Waals surface area contributed by atoms with Crippen molar-refractivity contribution in [2.45, 2.75) is 39.9 Å². The molecule has 6 nitrogen and oxygen atoms in total. The molecule has 0 spiro atoms. The van der Waals surface area contributed by atoms with Gasteiger partial charge in [0.25, 0.3) is 0 Å². The molecule has 1 amide bonds. The molecule has 1 heterocycles. The van der Waals surface area contributed by atoms with Crippen LogP contribution in [0.25, 0.3) is 0 Å². The zero-order valence-electron chi connectivity index (χ0n) is 11.5. The Morgan fingerprint density at radius 3 is 2.39 bits per heavy atom. The fourth-order valence-corrected chi connectivity index (χ4v) is 2.48. The lowest BCUT2D eigenvalue weighted by Crippen LogP contribution is -2.44. The van der Waals surface area contributed by atoms with Crippen LogP contribution in [0, 0.1) is 11.8 Å². The molecule has 1 aliphatic rings. The van der Waals surface area contributed by atoms with E-state index < -0.39 is 0 Å². The first-order valence-electron chi connectivity index (χ1n) is 6.33. The van der Waals surface area contributed by atoms with Gasteiger partial charge in [-0.2, -0.15) is 0 Å². The summed E-state index contributed by atoms with van der Waals surface area (Å²) in [7, 11) is 0. The van der Waals surface area contributed by atoms with Gasteiger partial charge < -0.3 is 20.6 Å². The number of rotatable bonds is 4. The van der Waals surface area contributed by atoms with E-state index in [2.05, 4.69) is 5.16 Å². The number of amidine groups is 1. The van der Waals surface area contributed by atoms with Crippen LogP contribution in [-0.2, 0) is 9.53 Å². The summed E-state index contributed by atoms with van der Waals surface area (Å²) in [5.74, 6) is 0.0613. The number of ether oxygens (including phenoxy) is 1. The number of amides is 1. The molecule has 3 N–H and O–H groups in total. The van der Waals surface area contributed by atoms with Crippen LogP contribution in [-0.4, -0.2) is 47.1 Å². The topological polar surface area (TPSA) is 88.1 Å². The molecule has 0 aromatic carbocycles. The average Bonchev–Trinajstić information content (AvgIpc) is 2.59. The van der Waals surface area contributed by atoms with Crippen molar-refractivity contribution in [3.05, 3.63) is 0 Å². The van der Waals surface area contributed by atoms with Crippen molar-refractivity contribution in [3.8, 4) is 0 Å². The Morgan fingerprint density at radius 2 is 2.00 bits per heavy atom. The molecule has 0 saturated carbocycles. The predicted octanol–water partition coefficient (Wildman–Crippen LogP) is 0.641. The minimum Gasteiger partial charge on any atom is -0.409 e. The van der Waals surface area contributed by atoms with Crippen LogP contribution in [0.2, 0.25) is 0 Å². The maximum Gasteiger partial charge on any atom is 0.229 e. The highest BCUT2D eigenvalue weighted by Crippen LogP contribution is 2.33. The van der Waals surface area contributed by atoms with Crippen molar-refractivity contribution in [1.29, 1.82) is 0 Å². The second-order valence-electron chi connectivity index (χ2n) is 4.87. The highest BCUT2D eigenvalue weighted by molar-refractivity contribution is 5.88.